The van der Waals surface area contributed by atoms with E-state index in [2.05, 4.69) is 10.3 Å². The lowest BCUT2D eigenvalue weighted by Crippen LogP contribution is -2.20. The molecule has 1 saturated heterocycles. The van der Waals surface area contributed by atoms with Gasteiger partial charge in [0.25, 0.3) is 0 Å². The molecule has 1 N–H and O–H groups in total. The first-order chi connectivity index (χ1) is 7.05. The van der Waals surface area contributed by atoms with Crippen LogP contribution in [0.1, 0.15) is 12.0 Å². The minimum atomic E-state index is -2.81. The monoisotopic (exact) mass is 226 g/mol. The fraction of sp³-hybridized carbons (Fsp3) is 0.500. The average Bonchev–Trinajstić information content (AvgIpc) is 2.45. The van der Waals surface area contributed by atoms with E-state index in [1.54, 1.807) is 12.4 Å². The maximum Gasteiger partial charge on any atom is 0.152 e. The lowest BCUT2D eigenvalue weighted by atomic mass is 10.2. The maximum absolute atomic E-state index is 11.2. The molecule has 2 heterocycles. The lowest BCUT2D eigenvalue weighted by Gasteiger charge is -2.11. The van der Waals surface area contributed by atoms with E-state index in [0.717, 1.165) is 11.3 Å². The van der Waals surface area contributed by atoms with Crippen molar-refractivity contribution in [1.29, 1.82) is 0 Å². The predicted octanol–water partition coefficient (Wildman–Crippen LogP) is 0.989. The van der Waals surface area contributed by atoms with E-state index in [0.29, 0.717) is 12.2 Å². The molecular formula is C10H14N2O2S. The Balaban J connectivity index is 2.05. The van der Waals surface area contributed by atoms with Crippen molar-refractivity contribution in [3.63, 3.8) is 0 Å². The minimum Gasteiger partial charge on any atom is -0.380 e. The molecule has 1 aromatic heterocycles. The van der Waals surface area contributed by atoms with Crippen molar-refractivity contribution < 1.29 is 8.42 Å². The lowest BCUT2D eigenvalue weighted by molar-refractivity contribution is 0.602. The van der Waals surface area contributed by atoms with Gasteiger partial charge in [-0.2, -0.15) is 0 Å². The molecule has 1 fully saturated rings. The van der Waals surface area contributed by atoms with Gasteiger partial charge in [-0.25, -0.2) is 8.42 Å². The first-order valence-electron chi connectivity index (χ1n) is 4.94. The van der Waals surface area contributed by atoms with Gasteiger partial charge in [0.1, 0.15) is 0 Å². The second-order valence-electron chi connectivity index (χ2n) is 4.00. The summed E-state index contributed by atoms with van der Waals surface area (Å²) in [5.41, 5.74) is 1.97. The van der Waals surface area contributed by atoms with Gasteiger partial charge in [-0.05, 0) is 25.0 Å². The van der Waals surface area contributed by atoms with E-state index in [1.807, 2.05) is 13.0 Å². The predicted molar refractivity (Wildman–Crippen MR) is 59.7 cm³/mol. The largest absolute Gasteiger partial charge is 0.380 e. The maximum atomic E-state index is 11.2. The van der Waals surface area contributed by atoms with Gasteiger partial charge in [-0.1, -0.05) is 0 Å². The number of sulfone groups is 1. The highest BCUT2D eigenvalue weighted by Gasteiger charge is 2.27. The van der Waals surface area contributed by atoms with Gasteiger partial charge in [0.15, 0.2) is 9.84 Å². The molecule has 0 aliphatic carbocycles. The highest BCUT2D eigenvalue weighted by Crippen LogP contribution is 2.17. The second-order valence-corrected chi connectivity index (χ2v) is 6.22. The quantitative estimate of drug-likeness (QED) is 0.817. The Morgan fingerprint density at radius 1 is 1.47 bits per heavy atom. The SMILES string of the molecule is Cc1cncc(NC2CCS(=O)(=O)C2)c1. The normalized spacial score (nSPS) is 23.9. The van der Waals surface area contributed by atoms with E-state index >= 15 is 0 Å². The highest BCUT2D eigenvalue weighted by atomic mass is 32.2. The van der Waals surface area contributed by atoms with Crippen LogP contribution in [0, 0.1) is 6.92 Å². The number of anilines is 1. The van der Waals surface area contributed by atoms with Crippen molar-refractivity contribution in [3.8, 4) is 0 Å². The summed E-state index contributed by atoms with van der Waals surface area (Å²) in [6.45, 7) is 1.96. The van der Waals surface area contributed by atoms with Gasteiger partial charge < -0.3 is 5.32 Å². The number of pyridine rings is 1. The van der Waals surface area contributed by atoms with Crippen LogP contribution in [-0.2, 0) is 9.84 Å². The number of aromatic nitrogens is 1. The molecule has 0 radical (unpaired) electrons. The molecule has 0 bridgehead atoms. The highest BCUT2D eigenvalue weighted by molar-refractivity contribution is 7.91. The standard InChI is InChI=1S/C10H14N2O2S/c1-8-4-10(6-11-5-8)12-9-2-3-15(13,14)7-9/h4-6,9,12H,2-3,7H2,1H3. The summed E-state index contributed by atoms with van der Waals surface area (Å²) >= 11 is 0. The Morgan fingerprint density at radius 2 is 2.27 bits per heavy atom. The molecule has 1 unspecified atom stereocenters. The summed E-state index contributed by atoms with van der Waals surface area (Å²) < 4.78 is 22.5. The number of aryl methyl sites for hydroxylation is 1. The third-order valence-electron chi connectivity index (χ3n) is 2.48. The van der Waals surface area contributed by atoms with E-state index in [1.165, 1.54) is 0 Å². The number of nitrogens with zero attached hydrogens (tertiary/aromatic N) is 1. The van der Waals surface area contributed by atoms with Gasteiger partial charge in [-0.3, -0.25) is 4.98 Å². The molecule has 2 rings (SSSR count). The van der Waals surface area contributed by atoms with Crippen LogP contribution in [0.3, 0.4) is 0 Å². The summed E-state index contributed by atoms with van der Waals surface area (Å²) in [5, 5.41) is 3.20. The zero-order valence-electron chi connectivity index (χ0n) is 8.60. The smallest absolute Gasteiger partial charge is 0.152 e. The molecular weight excluding hydrogens is 212 g/mol. The summed E-state index contributed by atoms with van der Waals surface area (Å²) in [4.78, 5) is 4.05. The van der Waals surface area contributed by atoms with Crippen molar-refractivity contribution >= 4 is 15.5 Å². The first-order valence-corrected chi connectivity index (χ1v) is 6.76. The number of hydrogen-bond donors (Lipinski definition) is 1. The Morgan fingerprint density at radius 3 is 2.87 bits per heavy atom. The van der Waals surface area contributed by atoms with Crippen LogP contribution in [0.5, 0.6) is 0 Å². The fourth-order valence-electron chi connectivity index (χ4n) is 1.78. The number of rotatable bonds is 2. The van der Waals surface area contributed by atoms with Crippen LogP contribution in [0.15, 0.2) is 18.5 Å². The molecule has 0 saturated carbocycles. The van der Waals surface area contributed by atoms with Crippen molar-refractivity contribution in [2.75, 3.05) is 16.8 Å². The molecule has 15 heavy (non-hydrogen) atoms. The molecule has 1 aromatic rings. The average molecular weight is 226 g/mol. The van der Waals surface area contributed by atoms with E-state index in [-0.39, 0.29) is 11.8 Å². The van der Waals surface area contributed by atoms with Crippen LogP contribution in [0.4, 0.5) is 5.69 Å². The molecule has 4 nitrogen and oxygen atoms in total. The minimum absolute atomic E-state index is 0.0404. The first kappa shape index (κ1) is 10.4. The molecule has 1 aliphatic heterocycles. The van der Waals surface area contributed by atoms with Crippen molar-refractivity contribution in [1.82, 2.24) is 4.98 Å². The Bertz CT molecular complexity index is 456. The third-order valence-corrected chi connectivity index (χ3v) is 4.25. The summed E-state index contributed by atoms with van der Waals surface area (Å²) in [6.07, 6.45) is 4.19. The zero-order valence-corrected chi connectivity index (χ0v) is 9.42. The van der Waals surface area contributed by atoms with Gasteiger partial charge in [-0.15, -0.1) is 0 Å². The van der Waals surface area contributed by atoms with Crippen molar-refractivity contribution in [3.05, 3.63) is 24.0 Å². The van der Waals surface area contributed by atoms with Crippen molar-refractivity contribution in [2.45, 2.75) is 19.4 Å². The Hall–Kier alpha value is -1.10. The van der Waals surface area contributed by atoms with Crippen LogP contribution >= 0.6 is 0 Å². The summed E-state index contributed by atoms with van der Waals surface area (Å²) in [5.74, 6) is 0.533. The molecule has 0 aromatic carbocycles. The van der Waals surface area contributed by atoms with Gasteiger partial charge in [0, 0.05) is 18.4 Å². The summed E-state index contributed by atoms with van der Waals surface area (Å²) in [6, 6.07) is 2.01. The second kappa shape index (κ2) is 3.81. The fourth-order valence-corrected chi connectivity index (χ4v) is 3.45. The molecule has 1 atom stereocenters. The summed E-state index contributed by atoms with van der Waals surface area (Å²) in [7, 11) is -2.81. The van der Waals surface area contributed by atoms with Crippen molar-refractivity contribution in [2.24, 2.45) is 0 Å². The number of hydrogen-bond acceptors (Lipinski definition) is 4. The van der Waals surface area contributed by atoms with E-state index in [9.17, 15) is 8.42 Å². The van der Waals surface area contributed by atoms with Gasteiger partial charge >= 0.3 is 0 Å². The van der Waals surface area contributed by atoms with Crippen LogP contribution < -0.4 is 5.32 Å². The third kappa shape index (κ3) is 2.68. The molecule has 0 spiro atoms. The van der Waals surface area contributed by atoms with E-state index in [4.69, 9.17) is 0 Å². The van der Waals surface area contributed by atoms with Crippen LogP contribution in [0.2, 0.25) is 0 Å². The van der Waals surface area contributed by atoms with Crippen LogP contribution in [0.25, 0.3) is 0 Å². The van der Waals surface area contributed by atoms with E-state index < -0.39 is 9.84 Å². The Labute approximate surface area is 89.6 Å². The molecule has 5 heteroatoms. The van der Waals surface area contributed by atoms with Crippen LogP contribution in [-0.4, -0.2) is 30.9 Å². The van der Waals surface area contributed by atoms with Gasteiger partial charge in [0.05, 0.1) is 17.2 Å². The molecule has 82 valence electrons. The topological polar surface area (TPSA) is 59.1 Å². The molecule has 1 aliphatic rings. The van der Waals surface area contributed by atoms with Gasteiger partial charge in [0.2, 0.25) is 0 Å². The zero-order chi connectivity index (χ0) is 10.9. The molecule has 0 amide bonds. The Kier molecular flexibility index (Phi) is 2.65. The number of nitrogens with one attached hydrogen (secondary N) is 1.